The third-order valence-electron chi connectivity index (χ3n) is 7.91. The Labute approximate surface area is 233 Å². The minimum absolute atomic E-state index is 0.0606. The fourth-order valence-corrected chi connectivity index (χ4v) is 6.10. The van der Waals surface area contributed by atoms with E-state index in [9.17, 15) is 10.0 Å². The average molecular weight is 554 g/mol. The Kier molecular flexibility index (Phi) is 8.33. The smallest absolute Gasteiger partial charge is 0.203 e. The van der Waals surface area contributed by atoms with Gasteiger partial charge in [0.15, 0.2) is 16.9 Å². The minimum atomic E-state index is -0.147. The molecule has 2 aliphatic rings. The van der Waals surface area contributed by atoms with Crippen molar-refractivity contribution in [2.24, 2.45) is 4.99 Å². The van der Waals surface area contributed by atoms with Crippen molar-refractivity contribution in [3.63, 3.8) is 0 Å². The molecule has 0 saturated carbocycles. The zero-order chi connectivity index (χ0) is 27.5. The van der Waals surface area contributed by atoms with Gasteiger partial charge in [-0.15, -0.1) is 0 Å². The SMILES string of the molecule is COc1cc(C2CC(=NCCCN3CCCCC3)c3c(n(O)c4ccc(Cl)cc4c3=O)C2)cc(OC)c1OC. The highest BCUT2D eigenvalue weighted by Crippen LogP contribution is 2.43. The van der Waals surface area contributed by atoms with Gasteiger partial charge in [-0.05, 0) is 93.6 Å². The van der Waals surface area contributed by atoms with Crippen molar-refractivity contribution in [2.75, 3.05) is 47.5 Å². The number of hydrogen-bond acceptors (Lipinski definition) is 7. The van der Waals surface area contributed by atoms with Gasteiger partial charge in [0.2, 0.25) is 5.75 Å². The summed E-state index contributed by atoms with van der Waals surface area (Å²) < 4.78 is 17.8. The first-order chi connectivity index (χ1) is 18.9. The predicted molar refractivity (Wildman–Crippen MR) is 154 cm³/mol. The van der Waals surface area contributed by atoms with Crippen molar-refractivity contribution in [3.05, 3.63) is 62.4 Å². The van der Waals surface area contributed by atoms with Gasteiger partial charge in [0.25, 0.3) is 0 Å². The number of aliphatic imine (C=N–C) groups is 1. The molecule has 1 aliphatic carbocycles. The van der Waals surface area contributed by atoms with Crippen LogP contribution in [-0.4, -0.2) is 68.1 Å². The largest absolute Gasteiger partial charge is 0.493 e. The molecule has 1 N–H and O–H groups in total. The Morgan fingerprint density at radius 1 is 1.00 bits per heavy atom. The van der Waals surface area contributed by atoms with Crippen LogP contribution in [0.2, 0.25) is 5.02 Å². The maximum atomic E-state index is 13.8. The number of nitrogens with zero attached hydrogens (tertiary/aromatic N) is 3. The van der Waals surface area contributed by atoms with Gasteiger partial charge in [-0.3, -0.25) is 9.79 Å². The fourth-order valence-electron chi connectivity index (χ4n) is 5.93. The van der Waals surface area contributed by atoms with Crippen LogP contribution in [0.25, 0.3) is 10.9 Å². The first kappa shape index (κ1) is 27.3. The second-order valence-corrected chi connectivity index (χ2v) is 10.7. The lowest BCUT2D eigenvalue weighted by atomic mass is 9.80. The Morgan fingerprint density at radius 3 is 2.38 bits per heavy atom. The van der Waals surface area contributed by atoms with Crippen LogP contribution in [0.5, 0.6) is 17.2 Å². The number of piperidine rings is 1. The normalized spacial score (nSPS) is 18.8. The number of likely N-dealkylation sites (tertiary alicyclic amines) is 1. The third-order valence-corrected chi connectivity index (χ3v) is 8.15. The molecule has 0 bridgehead atoms. The van der Waals surface area contributed by atoms with Crippen LogP contribution in [0.3, 0.4) is 0 Å². The van der Waals surface area contributed by atoms with Crippen LogP contribution in [0.1, 0.15) is 54.8 Å². The molecule has 5 rings (SSSR count). The lowest BCUT2D eigenvalue weighted by Crippen LogP contribution is -2.32. The minimum Gasteiger partial charge on any atom is -0.493 e. The fraction of sp³-hybridized carbons (Fsp3) is 0.467. The Bertz CT molecular complexity index is 1420. The maximum Gasteiger partial charge on any atom is 0.203 e. The molecule has 2 aromatic carbocycles. The van der Waals surface area contributed by atoms with E-state index in [1.165, 1.54) is 19.3 Å². The number of pyridine rings is 1. The van der Waals surface area contributed by atoms with Crippen molar-refractivity contribution in [2.45, 2.75) is 44.4 Å². The standard InChI is InChI=1S/C30H36ClN3O5/c1-37-26-16-20(17-27(38-2)30(26)39-3)19-14-23(32-10-7-13-33-11-5-4-6-12-33)28-25(15-19)34(36)24-9-8-21(31)18-22(24)29(28)35/h8-9,16-19,36H,4-7,10-15H2,1-3H3. The van der Waals surface area contributed by atoms with Crippen LogP contribution in [0.4, 0.5) is 0 Å². The molecule has 1 atom stereocenters. The molecular formula is C30H36ClN3O5. The van der Waals surface area contributed by atoms with Gasteiger partial charge in [-0.25, -0.2) is 0 Å². The van der Waals surface area contributed by atoms with Crippen LogP contribution < -0.4 is 19.6 Å². The van der Waals surface area contributed by atoms with Gasteiger partial charge in [-0.2, -0.15) is 4.73 Å². The molecule has 208 valence electrons. The van der Waals surface area contributed by atoms with Crippen molar-refractivity contribution in [3.8, 4) is 17.2 Å². The summed E-state index contributed by atoms with van der Waals surface area (Å²) in [5, 5.41) is 12.2. The summed E-state index contributed by atoms with van der Waals surface area (Å²) in [5.74, 6) is 1.59. The van der Waals surface area contributed by atoms with Gasteiger partial charge in [0.05, 0.1) is 43.5 Å². The third kappa shape index (κ3) is 5.45. The van der Waals surface area contributed by atoms with E-state index in [-0.39, 0.29) is 11.3 Å². The molecular weight excluding hydrogens is 518 g/mol. The molecule has 8 nitrogen and oxygen atoms in total. The average Bonchev–Trinajstić information content (AvgIpc) is 2.97. The number of rotatable bonds is 8. The molecule has 0 spiro atoms. The van der Waals surface area contributed by atoms with E-state index in [1.54, 1.807) is 39.5 Å². The summed E-state index contributed by atoms with van der Waals surface area (Å²) in [6.07, 6.45) is 5.74. The van der Waals surface area contributed by atoms with E-state index in [4.69, 9.17) is 30.8 Å². The molecule has 39 heavy (non-hydrogen) atoms. The number of fused-ring (bicyclic) bond motifs is 2. The monoisotopic (exact) mass is 553 g/mol. The van der Waals surface area contributed by atoms with Crippen LogP contribution in [-0.2, 0) is 6.42 Å². The summed E-state index contributed by atoms with van der Waals surface area (Å²) >= 11 is 6.23. The molecule has 2 heterocycles. The highest BCUT2D eigenvalue weighted by molar-refractivity contribution is 6.31. The van der Waals surface area contributed by atoms with Gasteiger partial charge < -0.3 is 24.3 Å². The molecule has 1 unspecified atom stereocenters. The number of benzene rings is 2. The van der Waals surface area contributed by atoms with E-state index in [2.05, 4.69) is 4.90 Å². The summed E-state index contributed by atoms with van der Waals surface area (Å²) in [6.45, 7) is 3.90. The molecule has 9 heteroatoms. The van der Waals surface area contributed by atoms with Gasteiger partial charge in [-0.1, -0.05) is 18.0 Å². The predicted octanol–water partition coefficient (Wildman–Crippen LogP) is 5.31. The topological polar surface area (TPSA) is 85.5 Å². The lowest BCUT2D eigenvalue weighted by molar-refractivity contribution is 0.186. The number of hydrogen-bond donors (Lipinski definition) is 1. The number of halogens is 1. The quantitative estimate of drug-likeness (QED) is 0.300. The van der Waals surface area contributed by atoms with Crippen molar-refractivity contribution in [1.82, 2.24) is 9.63 Å². The van der Waals surface area contributed by atoms with E-state index >= 15 is 0 Å². The van der Waals surface area contributed by atoms with E-state index in [0.717, 1.165) is 36.3 Å². The summed E-state index contributed by atoms with van der Waals surface area (Å²) in [7, 11) is 4.76. The molecule has 0 radical (unpaired) electrons. The maximum absolute atomic E-state index is 13.8. The molecule has 1 fully saturated rings. The molecule has 3 aromatic rings. The highest BCUT2D eigenvalue weighted by Gasteiger charge is 2.32. The zero-order valence-corrected chi connectivity index (χ0v) is 23.6. The molecule has 1 saturated heterocycles. The van der Waals surface area contributed by atoms with Crippen molar-refractivity contribution < 1.29 is 19.4 Å². The van der Waals surface area contributed by atoms with Crippen LogP contribution in [0, 0.1) is 0 Å². The Morgan fingerprint density at radius 2 is 1.72 bits per heavy atom. The second-order valence-electron chi connectivity index (χ2n) is 10.3. The highest BCUT2D eigenvalue weighted by atomic mass is 35.5. The first-order valence-electron chi connectivity index (χ1n) is 13.6. The van der Waals surface area contributed by atoms with Crippen LogP contribution in [0.15, 0.2) is 40.1 Å². The van der Waals surface area contributed by atoms with E-state index in [0.29, 0.717) is 69.5 Å². The summed E-state index contributed by atoms with van der Waals surface area (Å²) in [5.41, 5.74) is 2.98. The summed E-state index contributed by atoms with van der Waals surface area (Å²) in [4.78, 5) is 21.2. The number of methoxy groups -OCH3 is 3. The molecule has 0 amide bonds. The number of ether oxygens (including phenoxy) is 3. The Balaban J connectivity index is 1.56. The molecule has 1 aliphatic heterocycles. The van der Waals surface area contributed by atoms with Gasteiger partial charge in [0.1, 0.15) is 0 Å². The lowest BCUT2D eigenvalue weighted by Gasteiger charge is -2.29. The molecule has 1 aromatic heterocycles. The van der Waals surface area contributed by atoms with Crippen molar-refractivity contribution in [1.29, 1.82) is 0 Å². The van der Waals surface area contributed by atoms with Gasteiger partial charge >= 0.3 is 0 Å². The van der Waals surface area contributed by atoms with E-state index < -0.39 is 0 Å². The first-order valence-corrected chi connectivity index (χ1v) is 13.9. The van der Waals surface area contributed by atoms with E-state index in [1.807, 2.05) is 12.1 Å². The number of aromatic nitrogens is 1. The summed E-state index contributed by atoms with van der Waals surface area (Å²) in [6, 6.07) is 8.85. The second kappa shape index (κ2) is 11.9. The zero-order valence-electron chi connectivity index (χ0n) is 22.8. The van der Waals surface area contributed by atoms with Crippen LogP contribution >= 0.6 is 11.6 Å². The Hall–Kier alpha value is -3.23. The van der Waals surface area contributed by atoms with Gasteiger partial charge in [0, 0.05) is 17.3 Å². The van der Waals surface area contributed by atoms with Crippen molar-refractivity contribution >= 4 is 28.2 Å².